The Morgan fingerprint density at radius 1 is 0.833 bits per heavy atom. The summed E-state index contributed by atoms with van der Waals surface area (Å²) in [6.45, 7) is 0.267. The molecular formula is C24H32BrN3O8. The Morgan fingerprint density at radius 2 is 1.31 bits per heavy atom. The maximum atomic E-state index is 11.1. The van der Waals surface area contributed by atoms with Gasteiger partial charge in [-0.3, -0.25) is 19.7 Å². The van der Waals surface area contributed by atoms with Crippen LogP contribution in [0.25, 0.3) is 0 Å². The predicted molar refractivity (Wildman–Crippen MR) is 136 cm³/mol. The molecule has 0 saturated carbocycles. The fraction of sp³-hybridized carbons (Fsp3) is 0.333. The van der Waals surface area contributed by atoms with Gasteiger partial charge in [0.15, 0.2) is 5.66 Å². The molecule has 0 aliphatic carbocycles. The summed E-state index contributed by atoms with van der Waals surface area (Å²) in [6, 6.07) is 18.4. The summed E-state index contributed by atoms with van der Waals surface area (Å²) in [6.07, 6.45) is -0.701. The first-order valence-electron chi connectivity index (χ1n) is 10.7. The lowest BCUT2D eigenvalue weighted by atomic mass is 10.0. The second-order valence-corrected chi connectivity index (χ2v) is 8.07. The Labute approximate surface area is 217 Å². The monoisotopic (exact) mass is 569 g/mol. The van der Waals surface area contributed by atoms with Crippen LogP contribution in [0.5, 0.6) is 0 Å². The van der Waals surface area contributed by atoms with Crippen LogP contribution < -0.4 is 16.8 Å². The van der Waals surface area contributed by atoms with Crippen molar-refractivity contribution in [1.29, 1.82) is 0 Å². The van der Waals surface area contributed by atoms with Crippen molar-refractivity contribution in [2.24, 2.45) is 11.5 Å². The van der Waals surface area contributed by atoms with Crippen molar-refractivity contribution in [1.82, 2.24) is 5.32 Å². The number of aliphatic carboxylic acids is 4. The summed E-state index contributed by atoms with van der Waals surface area (Å²) in [5.41, 5.74) is 11.1. The number of nitrogens with one attached hydrogen (secondary N) is 1. The van der Waals surface area contributed by atoms with Gasteiger partial charge < -0.3 is 31.9 Å². The fourth-order valence-electron chi connectivity index (χ4n) is 2.40. The molecule has 0 aliphatic heterocycles. The maximum Gasteiger partial charge on any atom is 0.338 e. The van der Waals surface area contributed by atoms with Crippen LogP contribution in [0, 0.1) is 0 Å². The number of hydrogen-bond donors (Lipinski definition) is 7. The molecule has 36 heavy (non-hydrogen) atoms. The van der Waals surface area contributed by atoms with Gasteiger partial charge in [0.1, 0.15) is 6.04 Å². The summed E-state index contributed by atoms with van der Waals surface area (Å²) in [5, 5.41) is 37.5. The molecule has 2 aromatic carbocycles. The van der Waals surface area contributed by atoms with Crippen LogP contribution in [-0.4, -0.2) is 56.0 Å². The Bertz CT molecular complexity index is 947. The first-order valence-corrected chi connectivity index (χ1v) is 11.9. The van der Waals surface area contributed by atoms with Crippen molar-refractivity contribution in [3.63, 3.8) is 0 Å². The van der Waals surface area contributed by atoms with E-state index >= 15 is 0 Å². The van der Waals surface area contributed by atoms with Crippen molar-refractivity contribution in [2.75, 3.05) is 0 Å². The number of benzene rings is 2. The van der Waals surface area contributed by atoms with Gasteiger partial charge in [0.05, 0.1) is 0 Å². The third kappa shape index (κ3) is 15.6. The van der Waals surface area contributed by atoms with Crippen LogP contribution in [0.15, 0.2) is 60.7 Å². The van der Waals surface area contributed by atoms with E-state index in [0.29, 0.717) is 0 Å². The van der Waals surface area contributed by atoms with Gasteiger partial charge in [-0.25, -0.2) is 4.79 Å². The number of carbonyl (C=O) groups is 4. The molecular weight excluding hydrogens is 538 g/mol. The molecule has 0 radical (unpaired) electrons. The van der Waals surface area contributed by atoms with Crippen LogP contribution in [0.3, 0.4) is 0 Å². The minimum atomic E-state index is -1.73. The van der Waals surface area contributed by atoms with E-state index in [1.54, 1.807) is 0 Å². The summed E-state index contributed by atoms with van der Waals surface area (Å²) in [4.78, 5) is 41.4. The molecule has 2 atom stereocenters. The van der Waals surface area contributed by atoms with Crippen LogP contribution in [0.2, 0.25) is 0 Å². The van der Waals surface area contributed by atoms with Gasteiger partial charge in [-0.15, -0.1) is 0 Å². The second kappa shape index (κ2) is 18.0. The van der Waals surface area contributed by atoms with E-state index < -0.39 is 35.6 Å². The molecule has 12 heteroatoms. The van der Waals surface area contributed by atoms with Gasteiger partial charge in [0.25, 0.3) is 0 Å². The van der Waals surface area contributed by atoms with Crippen LogP contribution in [-0.2, 0) is 31.1 Å². The Kier molecular flexibility index (Phi) is 16.4. The minimum absolute atomic E-state index is 0.0231. The van der Waals surface area contributed by atoms with Crippen molar-refractivity contribution < 1.29 is 39.6 Å². The van der Waals surface area contributed by atoms with E-state index in [2.05, 4.69) is 33.4 Å². The van der Waals surface area contributed by atoms with E-state index in [-0.39, 0.29) is 32.2 Å². The summed E-state index contributed by atoms with van der Waals surface area (Å²) < 4.78 is 0. The average Bonchev–Trinajstić information content (AvgIpc) is 2.86. The van der Waals surface area contributed by atoms with E-state index in [1.165, 1.54) is 5.56 Å². The molecule has 2 rings (SSSR count). The third-order valence-corrected chi connectivity index (χ3v) is 5.20. The van der Waals surface area contributed by atoms with E-state index in [0.717, 1.165) is 10.9 Å². The smallest absolute Gasteiger partial charge is 0.338 e. The number of halogens is 1. The minimum Gasteiger partial charge on any atom is -0.481 e. The normalized spacial score (nSPS) is 12.4. The van der Waals surface area contributed by atoms with E-state index in [4.69, 9.17) is 31.9 Å². The highest BCUT2D eigenvalue weighted by atomic mass is 79.9. The molecule has 0 spiro atoms. The Morgan fingerprint density at radius 3 is 1.67 bits per heavy atom. The number of carboxylic acid groups (broad SMARTS) is 4. The molecule has 0 amide bonds. The molecule has 0 fully saturated rings. The summed E-state index contributed by atoms with van der Waals surface area (Å²) in [5.74, 6) is -4.54. The third-order valence-electron chi connectivity index (χ3n) is 4.55. The molecule has 0 heterocycles. The molecule has 2 aromatic rings. The molecule has 9 N–H and O–H groups in total. The highest BCUT2D eigenvalue weighted by Crippen LogP contribution is 2.09. The first kappa shape index (κ1) is 32.7. The predicted octanol–water partition coefficient (Wildman–Crippen LogP) is 2.23. The van der Waals surface area contributed by atoms with Gasteiger partial charge in [-0.1, -0.05) is 76.6 Å². The highest BCUT2D eigenvalue weighted by molar-refractivity contribution is 9.08. The first-order chi connectivity index (χ1) is 16.9. The number of hydrogen-bond acceptors (Lipinski definition) is 7. The van der Waals surface area contributed by atoms with Crippen molar-refractivity contribution in [3.05, 3.63) is 71.8 Å². The lowest BCUT2D eigenvalue weighted by molar-refractivity contribution is -0.146. The molecule has 0 saturated heterocycles. The number of alkyl halides is 1. The largest absolute Gasteiger partial charge is 0.481 e. The SMILES string of the molecule is BrCc1ccccc1.NC(CCC(=O)O)(NCc1ccccc1)C(=O)O.NC(CCC(=O)O)C(=O)O. The molecule has 0 bridgehead atoms. The molecule has 198 valence electrons. The maximum absolute atomic E-state index is 11.1. The van der Waals surface area contributed by atoms with E-state index in [9.17, 15) is 19.2 Å². The van der Waals surface area contributed by atoms with Crippen LogP contribution in [0.1, 0.15) is 36.8 Å². The standard InChI is InChI=1S/C12H16N2O4.C7H7Br.C5H9NO4/c13-12(11(17)18,7-6-10(15)16)14-8-9-4-2-1-3-5-9;8-6-7-4-2-1-3-5-7;6-3(5(9)10)1-2-4(7)8/h1-5,14H,6-8,13H2,(H,15,16)(H,17,18);1-5H,6H2;3H,1-2,6H2,(H,7,8)(H,9,10). The summed E-state index contributed by atoms with van der Waals surface area (Å²) in [7, 11) is 0. The van der Waals surface area contributed by atoms with Gasteiger partial charge >= 0.3 is 23.9 Å². The molecule has 0 aliphatic rings. The van der Waals surface area contributed by atoms with Gasteiger partial charge in [-0.2, -0.15) is 0 Å². The van der Waals surface area contributed by atoms with Crippen molar-refractivity contribution >= 4 is 39.8 Å². The Balaban J connectivity index is 0.000000571. The molecule has 0 aromatic heterocycles. The zero-order valence-electron chi connectivity index (χ0n) is 19.5. The average molecular weight is 570 g/mol. The number of nitrogens with two attached hydrogens (primary N) is 2. The second-order valence-electron chi connectivity index (χ2n) is 7.51. The van der Waals surface area contributed by atoms with E-state index in [1.807, 2.05) is 48.5 Å². The number of carboxylic acids is 4. The van der Waals surface area contributed by atoms with Gasteiger partial charge in [0.2, 0.25) is 0 Å². The van der Waals surface area contributed by atoms with Crippen LogP contribution in [0.4, 0.5) is 0 Å². The van der Waals surface area contributed by atoms with Crippen LogP contribution >= 0.6 is 15.9 Å². The summed E-state index contributed by atoms with van der Waals surface area (Å²) >= 11 is 3.36. The lowest BCUT2D eigenvalue weighted by Crippen LogP contribution is -2.59. The van der Waals surface area contributed by atoms with Crippen molar-refractivity contribution in [2.45, 2.75) is 49.3 Å². The molecule has 11 nitrogen and oxygen atoms in total. The molecule has 2 unspecified atom stereocenters. The number of rotatable bonds is 12. The van der Waals surface area contributed by atoms with Gasteiger partial charge in [0, 0.05) is 31.1 Å². The zero-order chi connectivity index (χ0) is 27.6. The Hall–Kier alpha value is -3.32. The lowest BCUT2D eigenvalue weighted by Gasteiger charge is -2.25. The quantitative estimate of drug-likeness (QED) is 0.145. The topological polar surface area (TPSA) is 213 Å². The zero-order valence-corrected chi connectivity index (χ0v) is 21.1. The fourth-order valence-corrected chi connectivity index (χ4v) is 2.77. The van der Waals surface area contributed by atoms with Gasteiger partial charge in [-0.05, 0) is 17.5 Å². The van der Waals surface area contributed by atoms with Crippen molar-refractivity contribution in [3.8, 4) is 0 Å². The highest BCUT2D eigenvalue weighted by Gasteiger charge is 2.33.